The number of benzene rings is 2. The molecule has 0 radical (unpaired) electrons. The van der Waals surface area contributed by atoms with Crippen LogP contribution in [0.5, 0.6) is 5.75 Å². The zero-order valence-electron chi connectivity index (χ0n) is 19.8. The van der Waals surface area contributed by atoms with Crippen LogP contribution in [0, 0.1) is 6.92 Å². The molecule has 0 N–H and O–H groups in total. The van der Waals surface area contributed by atoms with E-state index in [1.54, 1.807) is 24.3 Å². The minimum Gasteiger partial charge on any atom is -0.489 e. The lowest BCUT2D eigenvalue weighted by molar-refractivity contribution is 0.0644. The number of hydrogen-bond donors (Lipinski definition) is 0. The molecule has 182 valence electrons. The van der Waals surface area contributed by atoms with Gasteiger partial charge in [0.25, 0.3) is 11.8 Å². The van der Waals surface area contributed by atoms with Gasteiger partial charge in [0.2, 0.25) is 0 Å². The average Bonchev–Trinajstić information content (AvgIpc) is 3.41. The van der Waals surface area contributed by atoms with E-state index in [9.17, 15) is 9.59 Å². The predicted octanol–water partition coefficient (Wildman–Crippen LogP) is 6.83. The number of aromatic nitrogens is 2. The Kier molecular flexibility index (Phi) is 5.97. The van der Waals surface area contributed by atoms with Gasteiger partial charge in [-0.2, -0.15) is 0 Å². The van der Waals surface area contributed by atoms with Crippen LogP contribution in [0.25, 0.3) is 21.5 Å². The number of ether oxygens (including phenoxy) is 1. The number of carbonyl (C=O) groups is 2. The second kappa shape index (κ2) is 9.30. The minimum absolute atomic E-state index is 0.183. The monoisotopic (exact) mass is 517 g/mol. The van der Waals surface area contributed by atoms with Gasteiger partial charge in [-0.1, -0.05) is 30.2 Å². The highest BCUT2D eigenvalue weighted by Crippen LogP contribution is 2.41. The van der Waals surface area contributed by atoms with Crippen LogP contribution in [0.3, 0.4) is 0 Å². The van der Waals surface area contributed by atoms with Crippen molar-refractivity contribution in [2.24, 2.45) is 0 Å². The van der Waals surface area contributed by atoms with Gasteiger partial charge in [0.15, 0.2) is 0 Å². The zero-order chi connectivity index (χ0) is 24.8. The van der Waals surface area contributed by atoms with Crippen molar-refractivity contribution in [2.75, 3.05) is 0 Å². The van der Waals surface area contributed by atoms with Crippen molar-refractivity contribution >= 4 is 45.0 Å². The number of hydrogen-bond acceptors (Lipinski definition) is 6. The third kappa shape index (κ3) is 4.06. The van der Waals surface area contributed by atoms with E-state index >= 15 is 0 Å². The van der Waals surface area contributed by atoms with Gasteiger partial charge in [0.05, 0.1) is 39.7 Å². The molecule has 4 aromatic rings. The normalized spacial score (nSPS) is 16.1. The lowest BCUT2D eigenvalue weighted by Gasteiger charge is -2.25. The quantitative estimate of drug-likeness (QED) is 0.271. The second-order valence-corrected chi connectivity index (χ2v) is 10.9. The molecule has 1 fully saturated rings. The molecule has 2 aromatic carbocycles. The average molecular weight is 518 g/mol. The molecule has 3 heterocycles. The molecule has 0 atom stereocenters. The van der Waals surface area contributed by atoms with Gasteiger partial charge >= 0.3 is 0 Å². The first-order chi connectivity index (χ1) is 17.5. The number of halogens is 1. The fourth-order valence-corrected chi connectivity index (χ4v) is 6.50. The first-order valence-electron chi connectivity index (χ1n) is 12.2. The van der Waals surface area contributed by atoms with Crippen LogP contribution in [-0.2, 0) is 6.54 Å². The summed E-state index contributed by atoms with van der Waals surface area (Å²) in [6, 6.07) is 12.7. The summed E-state index contributed by atoms with van der Waals surface area (Å²) >= 11 is 7.97. The number of imide groups is 1. The lowest BCUT2D eigenvalue weighted by Crippen LogP contribution is -2.28. The van der Waals surface area contributed by atoms with Crippen LogP contribution in [0.15, 0.2) is 48.8 Å². The van der Waals surface area contributed by atoms with Crippen molar-refractivity contribution in [3.63, 3.8) is 0 Å². The molecule has 1 aliphatic carbocycles. The second-order valence-electron chi connectivity index (χ2n) is 9.37. The van der Waals surface area contributed by atoms with E-state index in [4.69, 9.17) is 16.3 Å². The van der Waals surface area contributed by atoms with E-state index in [2.05, 4.69) is 9.97 Å². The summed E-state index contributed by atoms with van der Waals surface area (Å²) in [7, 11) is 0. The SMILES string of the molecule is Cc1cc(Cl)cc(-c2ncnc3cc(CN4C(=O)c5ccccc5C4=O)sc23)c1OC1CCCCC1. The lowest BCUT2D eigenvalue weighted by atomic mass is 9.97. The zero-order valence-corrected chi connectivity index (χ0v) is 21.4. The molecule has 1 saturated carbocycles. The van der Waals surface area contributed by atoms with Crippen molar-refractivity contribution in [3.8, 4) is 17.0 Å². The summed E-state index contributed by atoms with van der Waals surface area (Å²) in [5.74, 6) is 0.266. The molecular weight excluding hydrogens is 494 g/mol. The summed E-state index contributed by atoms with van der Waals surface area (Å²) in [6.45, 7) is 2.20. The largest absolute Gasteiger partial charge is 0.489 e. The van der Waals surface area contributed by atoms with Crippen molar-refractivity contribution in [2.45, 2.75) is 51.7 Å². The highest BCUT2D eigenvalue weighted by Gasteiger charge is 2.35. The standard InChI is InChI=1S/C28H24ClN3O3S/c1-16-11-17(29)12-22(25(16)35-18-7-3-2-4-8-18)24-26-23(30-15-31-24)13-19(36-26)14-32-27(33)20-9-5-6-10-21(20)28(32)34/h5-6,9-13,15,18H,2-4,7-8,14H2,1H3. The van der Waals surface area contributed by atoms with Crippen LogP contribution in [-0.4, -0.2) is 32.8 Å². The molecule has 2 aliphatic rings. The summed E-state index contributed by atoms with van der Waals surface area (Å²) in [5.41, 5.74) is 4.21. The topological polar surface area (TPSA) is 72.4 Å². The van der Waals surface area contributed by atoms with Gasteiger partial charge < -0.3 is 4.74 Å². The molecule has 2 amide bonds. The Bertz CT molecular complexity index is 1470. The van der Waals surface area contributed by atoms with Crippen LogP contribution in [0.1, 0.15) is 63.3 Å². The van der Waals surface area contributed by atoms with Gasteiger partial charge in [-0.15, -0.1) is 11.3 Å². The Morgan fingerprint density at radius 3 is 2.44 bits per heavy atom. The molecule has 0 saturated heterocycles. The maximum absolute atomic E-state index is 12.9. The fourth-order valence-electron chi connectivity index (χ4n) is 5.12. The minimum atomic E-state index is -0.270. The predicted molar refractivity (Wildman–Crippen MR) is 141 cm³/mol. The fraction of sp³-hybridized carbons (Fsp3) is 0.286. The van der Waals surface area contributed by atoms with Crippen molar-refractivity contribution in [1.29, 1.82) is 0 Å². The van der Waals surface area contributed by atoms with Crippen LogP contribution in [0.4, 0.5) is 0 Å². The van der Waals surface area contributed by atoms with Gasteiger partial charge in [-0.3, -0.25) is 14.5 Å². The Hall–Kier alpha value is -3.29. The van der Waals surface area contributed by atoms with Crippen molar-refractivity contribution < 1.29 is 14.3 Å². The summed E-state index contributed by atoms with van der Waals surface area (Å²) in [6.07, 6.45) is 7.42. The Labute approximate surface area is 217 Å². The Balaban J connectivity index is 1.37. The number of aryl methyl sites for hydroxylation is 1. The highest BCUT2D eigenvalue weighted by atomic mass is 35.5. The van der Waals surface area contributed by atoms with E-state index < -0.39 is 0 Å². The Morgan fingerprint density at radius 1 is 1.00 bits per heavy atom. The molecule has 0 unspecified atom stereocenters. The van der Waals surface area contributed by atoms with Gasteiger partial charge in [-0.05, 0) is 68.5 Å². The van der Waals surface area contributed by atoms with E-state index in [1.165, 1.54) is 41.8 Å². The highest BCUT2D eigenvalue weighted by molar-refractivity contribution is 7.19. The molecular formula is C28H24ClN3O3S. The summed E-state index contributed by atoms with van der Waals surface area (Å²) < 4.78 is 7.42. The van der Waals surface area contributed by atoms with Gasteiger partial charge in [0, 0.05) is 15.5 Å². The van der Waals surface area contributed by atoms with Gasteiger partial charge in [-0.25, -0.2) is 9.97 Å². The number of amides is 2. The maximum atomic E-state index is 12.9. The molecule has 2 aromatic heterocycles. The van der Waals surface area contributed by atoms with E-state index in [1.807, 2.05) is 25.1 Å². The third-order valence-corrected chi connectivity index (χ3v) is 8.22. The molecule has 0 spiro atoms. The smallest absolute Gasteiger partial charge is 0.261 e. The molecule has 1 aliphatic heterocycles. The maximum Gasteiger partial charge on any atom is 0.261 e. The molecule has 36 heavy (non-hydrogen) atoms. The number of rotatable bonds is 5. The first kappa shape index (κ1) is 23.1. The number of nitrogens with zero attached hydrogens (tertiary/aromatic N) is 3. The summed E-state index contributed by atoms with van der Waals surface area (Å²) in [5, 5.41) is 0.619. The van der Waals surface area contributed by atoms with Crippen LogP contribution >= 0.6 is 22.9 Å². The summed E-state index contributed by atoms with van der Waals surface area (Å²) in [4.78, 5) is 37.0. The van der Waals surface area contributed by atoms with E-state index in [0.717, 1.165) is 50.5 Å². The van der Waals surface area contributed by atoms with Crippen LogP contribution < -0.4 is 4.74 Å². The molecule has 6 nitrogen and oxygen atoms in total. The van der Waals surface area contributed by atoms with E-state index in [0.29, 0.717) is 16.1 Å². The number of fused-ring (bicyclic) bond motifs is 2. The number of thiophene rings is 1. The van der Waals surface area contributed by atoms with Crippen molar-refractivity contribution in [1.82, 2.24) is 14.9 Å². The van der Waals surface area contributed by atoms with Crippen molar-refractivity contribution in [3.05, 3.63) is 75.4 Å². The molecule has 8 heteroatoms. The number of carbonyl (C=O) groups excluding carboxylic acids is 2. The van der Waals surface area contributed by atoms with Crippen LogP contribution in [0.2, 0.25) is 5.02 Å². The molecule has 6 rings (SSSR count). The van der Waals surface area contributed by atoms with E-state index in [-0.39, 0.29) is 24.5 Å². The third-order valence-electron chi connectivity index (χ3n) is 6.89. The Morgan fingerprint density at radius 2 is 1.72 bits per heavy atom. The molecule has 0 bridgehead atoms. The first-order valence-corrected chi connectivity index (χ1v) is 13.3. The van der Waals surface area contributed by atoms with Gasteiger partial charge in [0.1, 0.15) is 12.1 Å².